The van der Waals surface area contributed by atoms with Crippen LogP contribution in [0.4, 0.5) is 22.7 Å². The van der Waals surface area contributed by atoms with E-state index in [9.17, 15) is 0 Å². The van der Waals surface area contributed by atoms with Gasteiger partial charge in [-0.3, -0.25) is 0 Å². The van der Waals surface area contributed by atoms with Gasteiger partial charge in [0.2, 0.25) is 5.69 Å². The molecular formula is C47H45N5OPt+2. The molecule has 7 aromatic rings. The molecule has 0 fully saturated rings. The molecule has 0 aliphatic carbocycles. The van der Waals surface area contributed by atoms with Crippen molar-refractivity contribution in [3.63, 3.8) is 0 Å². The van der Waals surface area contributed by atoms with Crippen LogP contribution in [0.1, 0.15) is 84.5 Å². The van der Waals surface area contributed by atoms with Crippen molar-refractivity contribution in [3.05, 3.63) is 138 Å². The number of hydrogen-bond donors (Lipinski definition) is 0. The summed E-state index contributed by atoms with van der Waals surface area (Å²) >= 11 is 0. The van der Waals surface area contributed by atoms with Crippen LogP contribution in [-0.4, -0.2) is 20.5 Å². The first-order chi connectivity index (χ1) is 26.8. The monoisotopic (exact) mass is 894 g/mol. The van der Waals surface area contributed by atoms with E-state index < -0.39 is 0 Å². The Hall–Kier alpha value is -5.15. The molecule has 0 unspecified atom stereocenters. The zero-order chi connectivity index (χ0) is 40.8. The van der Waals surface area contributed by atoms with Gasteiger partial charge in [-0.2, -0.15) is 0 Å². The van der Waals surface area contributed by atoms with Crippen molar-refractivity contribution in [1.82, 2.24) is 23.7 Å². The van der Waals surface area contributed by atoms with Crippen LogP contribution in [-0.2, 0) is 37.3 Å². The Morgan fingerprint density at radius 2 is 1.39 bits per heavy atom. The molecule has 4 heterocycles. The molecule has 1 aliphatic rings. The van der Waals surface area contributed by atoms with Crippen LogP contribution in [0.2, 0.25) is 0 Å². The minimum absolute atomic E-state index is 0. The van der Waals surface area contributed by atoms with Crippen molar-refractivity contribution < 1.29 is 31.3 Å². The Kier molecular flexibility index (Phi) is 8.14. The number of fused-ring (bicyclic) bond motifs is 4. The average Bonchev–Trinajstić information content (AvgIpc) is 3.72. The minimum Gasteiger partial charge on any atom is -0.507 e. The van der Waals surface area contributed by atoms with Gasteiger partial charge < -0.3 is 14.3 Å². The average molecular weight is 895 g/mol. The molecule has 0 spiro atoms. The number of benzene rings is 4. The largest absolute Gasteiger partial charge is 2.00 e. The van der Waals surface area contributed by atoms with Gasteiger partial charge in [-0.05, 0) is 67.2 Å². The number of para-hydroxylation sites is 4. The van der Waals surface area contributed by atoms with Gasteiger partial charge in [0.05, 0.1) is 5.48 Å². The summed E-state index contributed by atoms with van der Waals surface area (Å²) in [6, 6.07) is 33.5. The van der Waals surface area contributed by atoms with Crippen LogP contribution in [0, 0.1) is 12.1 Å². The van der Waals surface area contributed by atoms with Crippen LogP contribution >= 0.6 is 0 Å². The van der Waals surface area contributed by atoms with Gasteiger partial charge in [0.25, 0.3) is 11.4 Å². The van der Waals surface area contributed by atoms with E-state index in [2.05, 4.69) is 103 Å². The standard InChI is InChI=1S/C47H45N5O.Pt/c1-45(2,3)31-22-23-48-43(26-31)52-38-18-12-10-16-36(38)44-42(52)28-35(29-49-44)53-34-25-32(46(4,5)6)24-33(27-34)50-30-51(41-21-15-14-20-40(41)50)39-19-13-11-17-37(39)47(7,8)9;/h10-26,29H,1-9H3;/q;+2/i14D,15D,20D,21D;. The minimum atomic E-state index is -0.332. The van der Waals surface area contributed by atoms with Crippen molar-refractivity contribution in [2.24, 2.45) is 0 Å². The fourth-order valence-electron chi connectivity index (χ4n) is 6.77. The van der Waals surface area contributed by atoms with Crippen LogP contribution in [0.3, 0.4) is 0 Å². The quantitative estimate of drug-likeness (QED) is 0.128. The fraction of sp³-hybridized carbons (Fsp3) is 0.255. The van der Waals surface area contributed by atoms with Gasteiger partial charge in [0.1, 0.15) is 11.5 Å². The van der Waals surface area contributed by atoms with Crippen molar-refractivity contribution in [2.45, 2.75) is 78.6 Å². The molecule has 0 saturated carbocycles. The molecule has 54 heavy (non-hydrogen) atoms. The normalized spacial score (nSPS) is 14.1. The number of hydrogen-bond acceptors (Lipinski definition) is 3. The second kappa shape index (κ2) is 13.6. The van der Waals surface area contributed by atoms with Crippen LogP contribution in [0.25, 0.3) is 27.8 Å². The van der Waals surface area contributed by atoms with E-state index in [1.54, 1.807) is 15.3 Å². The molecule has 0 atom stereocenters. The van der Waals surface area contributed by atoms with E-state index >= 15 is 0 Å². The molecule has 6 nitrogen and oxygen atoms in total. The Morgan fingerprint density at radius 3 is 2.11 bits per heavy atom. The second-order valence-electron chi connectivity index (χ2n) is 16.7. The summed E-state index contributed by atoms with van der Waals surface area (Å²) < 4.78 is 47.6. The fourth-order valence-corrected chi connectivity index (χ4v) is 6.77. The van der Waals surface area contributed by atoms with Crippen molar-refractivity contribution in [2.75, 3.05) is 0 Å². The van der Waals surface area contributed by atoms with Gasteiger partial charge in [-0.1, -0.05) is 128 Å². The predicted molar refractivity (Wildman–Crippen MR) is 217 cm³/mol. The van der Waals surface area contributed by atoms with E-state index in [1.807, 2.05) is 60.8 Å². The maximum atomic E-state index is 9.13. The smallest absolute Gasteiger partial charge is 0.507 e. The SMILES string of the molecule is [2H]c1c([2H])c([2H])c2c(c1[2H])[N+](c1[c-]c(Oc3[c-]c4c(nc3)c3ccccc3n4-c3cc(C(C)(C)C)ccn3)cc(C(C)(C)C)c1)=C=[N+]2c1ccccc1C(C)(C)C.[Pt+2]. The molecular weight excluding hydrogens is 846 g/mol. The summed E-state index contributed by atoms with van der Waals surface area (Å²) in [5.74, 6) is 1.53. The van der Waals surface area contributed by atoms with Gasteiger partial charge >= 0.3 is 27.1 Å². The maximum absolute atomic E-state index is 9.13. The Balaban J connectivity index is 0.00000512. The number of aromatic nitrogens is 3. The van der Waals surface area contributed by atoms with Crippen molar-refractivity contribution >= 4 is 50.7 Å². The molecule has 272 valence electrons. The van der Waals surface area contributed by atoms with Gasteiger partial charge in [-0.15, -0.1) is 17.7 Å². The first-order valence-electron chi connectivity index (χ1n) is 19.9. The van der Waals surface area contributed by atoms with Crippen molar-refractivity contribution in [1.29, 1.82) is 0 Å². The molecule has 0 bridgehead atoms. The summed E-state index contributed by atoms with van der Waals surface area (Å²) in [5.41, 5.74) is 6.73. The molecule has 8 rings (SSSR count). The molecule has 0 radical (unpaired) electrons. The van der Waals surface area contributed by atoms with Gasteiger partial charge in [0.15, 0.2) is 0 Å². The summed E-state index contributed by atoms with van der Waals surface area (Å²) in [5, 5.41) is 0.975. The topological polar surface area (TPSA) is 46.0 Å². The molecule has 0 N–H and O–H groups in total. The summed E-state index contributed by atoms with van der Waals surface area (Å²) in [6.45, 7) is 19.2. The second-order valence-corrected chi connectivity index (χ2v) is 16.7. The Morgan fingerprint density at radius 1 is 0.704 bits per heavy atom. The van der Waals surface area contributed by atoms with Crippen LogP contribution < -0.4 is 13.9 Å². The molecule has 1 aliphatic heterocycles. The number of nitrogens with zero attached hydrogens (tertiary/aromatic N) is 5. The molecule has 7 heteroatoms. The molecule has 0 saturated heterocycles. The van der Waals surface area contributed by atoms with E-state index in [1.165, 1.54) is 0 Å². The zero-order valence-electron chi connectivity index (χ0n) is 36.0. The van der Waals surface area contributed by atoms with Crippen LogP contribution in [0.5, 0.6) is 11.5 Å². The predicted octanol–water partition coefficient (Wildman–Crippen LogP) is 11.7. The first kappa shape index (κ1) is 32.3. The van der Waals surface area contributed by atoms with Crippen LogP contribution in [0.15, 0.2) is 109 Å². The number of pyridine rings is 2. The third kappa shape index (κ3) is 6.74. The summed E-state index contributed by atoms with van der Waals surface area (Å²) in [7, 11) is 0. The maximum Gasteiger partial charge on any atom is 2.00 e. The van der Waals surface area contributed by atoms with Crippen molar-refractivity contribution in [3.8, 4) is 17.3 Å². The first-order valence-corrected chi connectivity index (χ1v) is 17.9. The number of ether oxygens (including phenoxy) is 1. The van der Waals surface area contributed by atoms with E-state index in [4.69, 9.17) is 20.2 Å². The van der Waals surface area contributed by atoms with E-state index in [0.717, 1.165) is 50.1 Å². The third-order valence-electron chi connectivity index (χ3n) is 9.65. The van der Waals surface area contributed by atoms with Gasteiger partial charge in [0, 0.05) is 46.9 Å². The zero-order valence-corrected chi connectivity index (χ0v) is 34.3. The number of rotatable bonds is 5. The van der Waals surface area contributed by atoms with E-state index in [0.29, 0.717) is 22.9 Å². The molecule has 3 aromatic heterocycles. The third-order valence-corrected chi connectivity index (χ3v) is 9.65. The molecule has 4 aromatic carbocycles. The summed E-state index contributed by atoms with van der Waals surface area (Å²) in [4.78, 5) is 9.69. The summed E-state index contributed by atoms with van der Waals surface area (Å²) in [6.07, 6.45) is 3.51. The Labute approximate surface area is 338 Å². The van der Waals surface area contributed by atoms with Gasteiger partial charge in [-0.25, -0.2) is 4.98 Å². The van der Waals surface area contributed by atoms with E-state index in [-0.39, 0.29) is 67.2 Å². The Bertz CT molecular complexity index is 2870. The molecule has 0 amide bonds.